The number of amides is 1. The number of anilines is 1. The molecule has 30 heavy (non-hydrogen) atoms. The highest BCUT2D eigenvalue weighted by Gasteiger charge is 2.15. The quantitative estimate of drug-likeness (QED) is 0.437. The van der Waals surface area contributed by atoms with Crippen LogP contribution in [0.4, 0.5) is 5.69 Å². The average molecular weight is 401 g/mol. The molecule has 5 nitrogen and oxygen atoms in total. The van der Waals surface area contributed by atoms with Gasteiger partial charge in [-0.25, -0.2) is 0 Å². The second-order valence-corrected chi connectivity index (χ2v) is 7.58. The molecule has 4 aromatic rings. The van der Waals surface area contributed by atoms with Gasteiger partial charge in [0.25, 0.3) is 5.91 Å². The molecule has 0 saturated carbocycles. The van der Waals surface area contributed by atoms with Gasteiger partial charge >= 0.3 is 5.97 Å². The summed E-state index contributed by atoms with van der Waals surface area (Å²) in [7, 11) is 0. The standard InChI is InChI=1S/C25H23NO4/c1-16(2)17-7-10-20(11-8-17)26-23(27)15-30-24(28)13-19-14-29-22-12-9-18-5-3-4-6-21(18)25(19)22/h3-12,14,16H,13,15H2,1-2H3,(H,26,27). The molecule has 0 fully saturated rings. The lowest BCUT2D eigenvalue weighted by molar-refractivity contribution is -0.146. The second kappa shape index (κ2) is 8.41. The Labute approximate surface area is 174 Å². The molecular formula is C25H23NO4. The van der Waals surface area contributed by atoms with Gasteiger partial charge in [-0.05, 0) is 40.5 Å². The number of hydrogen-bond acceptors (Lipinski definition) is 4. The topological polar surface area (TPSA) is 68.5 Å². The number of esters is 1. The molecule has 0 aliphatic rings. The van der Waals surface area contributed by atoms with Crippen LogP contribution in [0.15, 0.2) is 71.3 Å². The zero-order chi connectivity index (χ0) is 21.1. The third-order valence-corrected chi connectivity index (χ3v) is 5.10. The van der Waals surface area contributed by atoms with Gasteiger partial charge < -0.3 is 14.5 Å². The lowest BCUT2D eigenvalue weighted by atomic mass is 10.0. The van der Waals surface area contributed by atoms with Crippen LogP contribution >= 0.6 is 0 Å². The number of nitrogens with one attached hydrogen (secondary N) is 1. The van der Waals surface area contributed by atoms with Crippen LogP contribution in [0.2, 0.25) is 0 Å². The predicted octanol–water partition coefficient (Wildman–Crippen LogP) is 5.43. The van der Waals surface area contributed by atoms with E-state index in [-0.39, 0.29) is 18.9 Å². The molecule has 0 spiro atoms. The number of carbonyl (C=O) groups is 2. The van der Waals surface area contributed by atoms with Crippen LogP contribution in [0.1, 0.15) is 30.9 Å². The molecule has 1 amide bonds. The zero-order valence-electron chi connectivity index (χ0n) is 17.0. The molecule has 1 heterocycles. The maximum absolute atomic E-state index is 12.3. The van der Waals surface area contributed by atoms with Gasteiger partial charge in [-0.3, -0.25) is 9.59 Å². The number of ether oxygens (including phenoxy) is 1. The molecule has 0 radical (unpaired) electrons. The summed E-state index contributed by atoms with van der Waals surface area (Å²) in [6.45, 7) is 3.89. The summed E-state index contributed by atoms with van der Waals surface area (Å²) in [4.78, 5) is 24.4. The third-order valence-electron chi connectivity index (χ3n) is 5.10. The number of benzene rings is 3. The highest BCUT2D eigenvalue weighted by Crippen LogP contribution is 2.30. The Balaban J connectivity index is 1.38. The molecule has 3 aromatic carbocycles. The molecule has 0 unspecified atom stereocenters. The molecule has 0 bridgehead atoms. The van der Waals surface area contributed by atoms with E-state index >= 15 is 0 Å². The first kappa shape index (κ1) is 19.7. The van der Waals surface area contributed by atoms with Crippen LogP contribution in [-0.4, -0.2) is 18.5 Å². The maximum Gasteiger partial charge on any atom is 0.310 e. The Morgan fingerprint density at radius 1 is 1.00 bits per heavy atom. The largest absolute Gasteiger partial charge is 0.464 e. The van der Waals surface area contributed by atoms with Gasteiger partial charge in [0.05, 0.1) is 12.7 Å². The molecule has 0 aliphatic heterocycles. The predicted molar refractivity (Wildman–Crippen MR) is 118 cm³/mol. The van der Waals surface area contributed by atoms with Crippen molar-refractivity contribution in [1.82, 2.24) is 0 Å². The van der Waals surface area contributed by atoms with Crippen molar-refractivity contribution < 1.29 is 18.7 Å². The van der Waals surface area contributed by atoms with Crippen LogP contribution < -0.4 is 5.32 Å². The summed E-state index contributed by atoms with van der Waals surface area (Å²) in [5.41, 5.74) is 3.34. The monoisotopic (exact) mass is 401 g/mol. The number of hydrogen-bond donors (Lipinski definition) is 1. The van der Waals surface area contributed by atoms with Gasteiger partial charge in [0.1, 0.15) is 5.58 Å². The van der Waals surface area contributed by atoms with Gasteiger partial charge in [0.15, 0.2) is 6.61 Å². The van der Waals surface area contributed by atoms with Crippen molar-refractivity contribution in [2.75, 3.05) is 11.9 Å². The normalized spacial score (nSPS) is 11.2. The molecule has 0 saturated heterocycles. The summed E-state index contributed by atoms with van der Waals surface area (Å²) in [6.07, 6.45) is 1.62. The first-order valence-electron chi connectivity index (χ1n) is 9.94. The Morgan fingerprint density at radius 2 is 1.77 bits per heavy atom. The number of carbonyl (C=O) groups excluding carboxylic acids is 2. The van der Waals surface area contributed by atoms with Crippen molar-refractivity contribution in [2.45, 2.75) is 26.2 Å². The van der Waals surface area contributed by atoms with Crippen LogP contribution in [0.5, 0.6) is 0 Å². The summed E-state index contributed by atoms with van der Waals surface area (Å²) < 4.78 is 10.8. The molecule has 1 aromatic heterocycles. The van der Waals surface area contributed by atoms with Crippen molar-refractivity contribution in [2.24, 2.45) is 0 Å². The van der Waals surface area contributed by atoms with E-state index in [0.29, 0.717) is 11.6 Å². The zero-order valence-corrected chi connectivity index (χ0v) is 17.0. The first-order valence-corrected chi connectivity index (χ1v) is 9.94. The van der Waals surface area contributed by atoms with E-state index in [1.807, 2.05) is 60.7 Å². The van der Waals surface area contributed by atoms with E-state index in [1.54, 1.807) is 6.26 Å². The average Bonchev–Trinajstić information content (AvgIpc) is 3.16. The molecule has 4 rings (SSSR count). The van der Waals surface area contributed by atoms with E-state index in [9.17, 15) is 9.59 Å². The van der Waals surface area contributed by atoms with Crippen LogP contribution in [0.3, 0.4) is 0 Å². The minimum absolute atomic E-state index is 0.0391. The fraction of sp³-hybridized carbons (Fsp3) is 0.200. The number of rotatable bonds is 6. The minimum atomic E-state index is -0.476. The maximum atomic E-state index is 12.3. The lowest BCUT2D eigenvalue weighted by Gasteiger charge is -2.09. The van der Waals surface area contributed by atoms with E-state index in [0.717, 1.165) is 27.3 Å². The highest BCUT2D eigenvalue weighted by molar-refractivity contribution is 6.08. The molecule has 5 heteroatoms. The van der Waals surface area contributed by atoms with Crippen LogP contribution in [0, 0.1) is 0 Å². The van der Waals surface area contributed by atoms with Crippen molar-refractivity contribution >= 4 is 39.3 Å². The van der Waals surface area contributed by atoms with Gasteiger partial charge in [-0.1, -0.05) is 56.3 Å². The fourth-order valence-corrected chi connectivity index (χ4v) is 3.51. The van der Waals surface area contributed by atoms with Crippen LogP contribution in [-0.2, 0) is 20.7 Å². The lowest BCUT2D eigenvalue weighted by Crippen LogP contribution is -2.21. The summed E-state index contributed by atoms with van der Waals surface area (Å²) in [5, 5.41) is 5.74. The van der Waals surface area contributed by atoms with Crippen molar-refractivity contribution in [3.8, 4) is 0 Å². The summed E-state index contributed by atoms with van der Waals surface area (Å²) >= 11 is 0. The van der Waals surface area contributed by atoms with E-state index in [1.165, 1.54) is 5.56 Å². The molecule has 0 aliphatic carbocycles. The Bertz CT molecular complexity index is 1210. The number of fused-ring (bicyclic) bond motifs is 3. The minimum Gasteiger partial charge on any atom is -0.464 e. The third kappa shape index (κ3) is 4.20. The first-order chi connectivity index (χ1) is 14.5. The molecule has 152 valence electrons. The van der Waals surface area contributed by atoms with E-state index in [2.05, 4.69) is 19.2 Å². The molecule has 1 N–H and O–H groups in total. The van der Waals surface area contributed by atoms with Gasteiger partial charge in [0.2, 0.25) is 0 Å². The molecule has 0 atom stereocenters. The van der Waals surface area contributed by atoms with Gasteiger partial charge in [0, 0.05) is 16.6 Å². The van der Waals surface area contributed by atoms with Crippen molar-refractivity contribution in [3.63, 3.8) is 0 Å². The Morgan fingerprint density at radius 3 is 2.53 bits per heavy atom. The van der Waals surface area contributed by atoms with Crippen molar-refractivity contribution in [3.05, 3.63) is 78.1 Å². The summed E-state index contributed by atoms with van der Waals surface area (Å²) in [5.74, 6) is -0.425. The Hall–Kier alpha value is -3.60. The smallest absolute Gasteiger partial charge is 0.310 e. The SMILES string of the molecule is CC(C)c1ccc(NC(=O)COC(=O)Cc2coc3ccc4ccccc4c23)cc1. The number of furan rings is 1. The Kier molecular flexibility index (Phi) is 5.53. The van der Waals surface area contributed by atoms with Crippen LogP contribution in [0.25, 0.3) is 21.7 Å². The van der Waals surface area contributed by atoms with Gasteiger partial charge in [-0.2, -0.15) is 0 Å². The highest BCUT2D eigenvalue weighted by atomic mass is 16.5. The van der Waals surface area contributed by atoms with E-state index < -0.39 is 5.97 Å². The summed E-state index contributed by atoms with van der Waals surface area (Å²) in [6, 6.07) is 19.5. The molecular weight excluding hydrogens is 378 g/mol. The second-order valence-electron chi connectivity index (χ2n) is 7.58. The van der Waals surface area contributed by atoms with Crippen molar-refractivity contribution in [1.29, 1.82) is 0 Å². The van der Waals surface area contributed by atoms with E-state index in [4.69, 9.17) is 9.15 Å². The van der Waals surface area contributed by atoms with Gasteiger partial charge in [-0.15, -0.1) is 0 Å². The fourth-order valence-electron chi connectivity index (χ4n) is 3.51.